The van der Waals surface area contributed by atoms with Crippen molar-refractivity contribution in [2.45, 2.75) is 31.3 Å². The average Bonchev–Trinajstić information content (AvgIpc) is 3.29. The molecule has 35 heavy (non-hydrogen) atoms. The van der Waals surface area contributed by atoms with Crippen LogP contribution in [0.2, 0.25) is 0 Å². The molecule has 0 unspecified atom stereocenters. The van der Waals surface area contributed by atoms with Gasteiger partial charge < -0.3 is 14.8 Å². The third-order valence-corrected chi connectivity index (χ3v) is 6.65. The molecule has 3 aromatic carbocycles. The Morgan fingerprint density at radius 3 is 2.46 bits per heavy atom. The van der Waals surface area contributed by atoms with E-state index in [1.54, 1.807) is 37.1 Å². The lowest BCUT2D eigenvalue weighted by molar-refractivity contribution is 0.0946. The van der Waals surface area contributed by atoms with Gasteiger partial charge in [-0.05, 0) is 49.2 Å². The minimum absolute atomic E-state index is 0.208. The van der Waals surface area contributed by atoms with Crippen molar-refractivity contribution in [3.63, 3.8) is 0 Å². The summed E-state index contributed by atoms with van der Waals surface area (Å²) in [5.41, 5.74) is 5.01. The lowest BCUT2D eigenvalue weighted by Crippen LogP contribution is -2.25. The highest BCUT2D eigenvalue weighted by atomic mass is 32.2. The summed E-state index contributed by atoms with van der Waals surface area (Å²) in [7, 11) is 3.10. The molecule has 1 aromatic heterocycles. The lowest BCUT2D eigenvalue weighted by atomic mass is 10.1. The summed E-state index contributed by atoms with van der Waals surface area (Å²) >= 11 is 1.62. The number of carbonyl (C=O) groups is 1. The van der Waals surface area contributed by atoms with Crippen LogP contribution in [0.25, 0.3) is 5.69 Å². The molecule has 0 atom stereocenters. The Morgan fingerprint density at radius 1 is 0.971 bits per heavy atom. The molecule has 0 aliphatic heterocycles. The van der Waals surface area contributed by atoms with Gasteiger partial charge in [0.1, 0.15) is 11.5 Å². The first-order valence-electron chi connectivity index (χ1n) is 11.2. The molecule has 0 aliphatic carbocycles. The zero-order valence-corrected chi connectivity index (χ0v) is 21.1. The first-order valence-corrected chi connectivity index (χ1v) is 12.2. The van der Waals surface area contributed by atoms with Crippen LogP contribution in [0.5, 0.6) is 11.5 Å². The molecule has 1 heterocycles. The fourth-order valence-corrected chi connectivity index (χ4v) is 4.66. The van der Waals surface area contributed by atoms with Crippen LogP contribution in [0.1, 0.15) is 32.9 Å². The molecular formula is C27H28N4O3S. The Bertz CT molecular complexity index is 1320. The van der Waals surface area contributed by atoms with Crippen molar-refractivity contribution in [3.05, 3.63) is 94.8 Å². The van der Waals surface area contributed by atoms with Crippen LogP contribution in [0.3, 0.4) is 0 Å². The molecule has 8 heteroatoms. The van der Waals surface area contributed by atoms with E-state index in [1.807, 2.05) is 35.8 Å². The molecular weight excluding hydrogens is 460 g/mol. The largest absolute Gasteiger partial charge is 0.497 e. The van der Waals surface area contributed by atoms with Gasteiger partial charge in [0.25, 0.3) is 5.91 Å². The van der Waals surface area contributed by atoms with Gasteiger partial charge in [-0.3, -0.25) is 9.36 Å². The number of thioether (sulfide) groups is 1. The Kier molecular flexibility index (Phi) is 7.72. The van der Waals surface area contributed by atoms with E-state index in [9.17, 15) is 4.79 Å². The number of nitrogens with one attached hydrogen (secondary N) is 1. The van der Waals surface area contributed by atoms with Gasteiger partial charge in [0.15, 0.2) is 11.0 Å². The van der Waals surface area contributed by atoms with Gasteiger partial charge in [-0.15, -0.1) is 10.2 Å². The van der Waals surface area contributed by atoms with Crippen molar-refractivity contribution >= 4 is 17.7 Å². The Morgan fingerprint density at radius 2 is 1.74 bits per heavy atom. The maximum atomic E-state index is 13.0. The third-order valence-electron chi connectivity index (χ3n) is 5.67. The monoisotopic (exact) mass is 488 g/mol. The van der Waals surface area contributed by atoms with Crippen LogP contribution in [0.4, 0.5) is 0 Å². The average molecular weight is 489 g/mol. The maximum Gasteiger partial charge on any atom is 0.255 e. The summed E-state index contributed by atoms with van der Waals surface area (Å²) < 4.78 is 12.6. The second kappa shape index (κ2) is 11.1. The molecule has 0 spiro atoms. The first-order chi connectivity index (χ1) is 17.0. The molecule has 0 saturated heterocycles. The highest BCUT2D eigenvalue weighted by molar-refractivity contribution is 7.98. The van der Waals surface area contributed by atoms with Crippen molar-refractivity contribution in [2.75, 3.05) is 14.2 Å². The van der Waals surface area contributed by atoms with E-state index < -0.39 is 0 Å². The molecule has 0 fully saturated rings. The lowest BCUT2D eigenvalue weighted by Gasteiger charge is -2.13. The number of carbonyl (C=O) groups excluding carboxylic acids is 1. The number of rotatable bonds is 9. The number of methoxy groups -OCH3 is 2. The smallest absolute Gasteiger partial charge is 0.255 e. The highest BCUT2D eigenvalue weighted by Crippen LogP contribution is 2.27. The molecule has 4 rings (SSSR count). The number of amides is 1. The molecule has 4 aromatic rings. The quantitative estimate of drug-likeness (QED) is 0.329. The number of hydrogen-bond acceptors (Lipinski definition) is 6. The number of ether oxygens (including phenoxy) is 2. The van der Waals surface area contributed by atoms with E-state index in [-0.39, 0.29) is 12.5 Å². The number of nitrogens with zero attached hydrogens (tertiary/aromatic N) is 3. The standard InChI is InChI=1S/C27H28N4O3S/c1-18-9-11-21(12-10-18)31-25(29-30-27(31)35-17-20-8-6-5-7-19(20)2)16-28-26(32)23-14-13-22(33-3)15-24(23)34-4/h5-15H,16-17H2,1-4H3,(H,28,32). The van der Waals surface area contributed by atoms with Crippen LogP contribution >= 0.6 is 11.8 Å². The number of benzene rings is 3. The van der Waals surface area contributed by atoms with Crippen molar-refractivity contribution < 1.29 is 14.3 Å². The normalized spacial score (nSPS) is 10.7. The molecule has 0 saturated carbocycles. The van der Waals surface area contributed by atoms with Crippen LogP contribution in [0, 0.1) is 13.8 Å². The van der Waals surface area contributed by atoms with Gasteiger partial charge in [0.05, 0.1) is 26.3 Å². The summed E-state index contributed by atoms with van der Waals surface area (Å²) in [5, 5.41) is 12.6. The van der Waals surface area contributed by atoms with E-state index in [2.05, 4.69) is 46.7 Å². The second-order valence-corrected chi connectivity index (χ2v) is 8.98. The zero-order chi connectivity index (χ0) is 24.8. The molecule has 0 bridgehead atoms. The summed E-state index contributed by atoms with van der Waals surface area (Å²) in [6.07, 6.45) is 0. The van der Waals surface area contributed by atoms with Crippen molar-refractivity contribution in [2.24, 2.45) is 0 Å². The van der Waals surface area contributed by atoms with Crippen molar-refractivity contribution in [3.8, 4) is 17.2 Å². The van der Waals surface area contributed by atoms with Gasteiger partial charge in [0.2, 0.25) is 0 Å². The fraction of sp³-hybridized carbons (Fsp3) is 0.222. The Labute approximate surface area is 209 Å². The Balaban J connectivity index is 1.58. The first kappa shape index (κ1) is 24.3. The maximum absolute atomic E-state index is 13.0. The van der Waals surface area contributed by atoms with Gasteiger partial charge in [-0.1, -0.05) is 53.7 Å². The highest BCUT2D eigenvalue weighted by Gasteiger charge is 2.18. The predicted molar refractivity (Wildman–Crippen MR) is 138 cm³/mol. The van der Waals surface area contributed by atoms with Gasteiger partial charge in [-0.2, -0.15) is 0 Å². The number of hydrogen-bond donors (Lipinski definition) is 1. The summed E-state index contributed by atoms with van der Waals surface area (Å²) in [5.74, 6) is 2.20. The molecule has 0 aliphatic rings. The second-order valence-electron chi connectivity index (χ2n) is 8.03. The Hall–Kier alpha value is -3.78. The van der Waals surface area contributed by atoms with Crippen LogP contribution < -0.4 is 14.8 Å². The SMILES string of the molecule is COc1ccc(C(=O)NCc2nnc(SCc3ccccc3C)n2-c2ccc(C)cc2)c(OC)c1. The van der Waals surface area contributed by atoms with Crippen molar-refractivity contribution in [1.82, 2.24) is 20.1 Å². The molecule has 0 radical (unpaired) electrons. The van der Waals surface area contributed by atoms with Gasteiger partial charge in [0, 0.05) is 17.5 Å². The van der Waals surface area contributed by atoms with E-state index in [4.69, 9.17) is 9.47 Å². The zero-order valence-electron chi connectivity index (χ0n) is 20.2. The molecule has 1 N–H and O–H groups in total. The van der Waals surface area contributed by atoms with Gasteiger partial charge in [-0.25, -0.2) is 0 Å². The van der Waals surface area contributed by atoms with E-state index in [0.29, 0.717) is 22.9 Å². The van der Waals surface area contributed by atoms with Crippen LogP contribution in [-0.4, -0.2) is 34.9 Å². The minimum Gasteiger partial charge on any atom is -0.497 e. The predicted octanol–water partition coefficient (Wildman–Crippen LogP) is 5.12. The van der Waals surface area contributed by atoms with E-state index >= 15 is 0 Å². The summed E-state index contributed by atoms with van der Waals surface area (Å²) in [4.78, 5) is 13.0. The molecule has 1 amide bonds. The fourth-order valence-electron chi connectivity index (χ4n) is 3.62. The van der Waals surface area contributed by atoms with E-state index in [1.165, 1.54) is 18.2 Å². The topological polar surface area (TPSA) is 78.3 Å². The number of aryl methyl sites for hydroxylation is 2. The third kappa shape index (κ3) is 5.66. The van der Waals surface area contributed by atoms with Crippen LogP contribution in [-0.2, 0) is 12.3 Å². The molecule has 180 valence electrons. The summed E-state index contributed by atoms with van der Waals surface area (Å²) in [6.45, 7) is 4.36. The van der Waals surface area contributed by atoms with Crippen molar-refractivity contribution in [1.29, 1.82) is 0 Å². The van der Waals surface area contributed by atoms with Gasteiger partial charge >= 0.3 is 0 Å². The minimum atomic E-state index is -0.267. The van der Waals surface area contributed by atoms with E-state index in [0.717, 1.165) is 22.2 Å². The van der Waals surface area contributed by atoms with Crippen LogP contribution in [0.15, 0.2) is 71.9 Å². The molecule has 7 nitrogen and oxygen atoms in total. The number of aromatic nitrogens is 3. The summed E-state index contributed by atoms with van der Waals surface area (Å²) in [6, 6.07) is 21.6.